The maximum absolute atomic E-state index is 11.0. The molecule has 0 bridgehead atoms. The molecule has 3 nitrogen and oxygen atoms in total. The Balaban J connectivity index is 3.31. The van der Waals surface area contributed by atoms with Crippen LogP contribution in [0, 0.1) is 0 Å². The highest BCUT2D eigenvalue weighted by atomic mass is 32.2. The molecular formula is C9H15NO2S. The third-order valence-corrected chi connectivity index (χ3v) is 2.20. The lowest BCUT2D eigenvalue weighted by Gasteiger charge is -2.02. The van der Waals surface area contributed by atoms with E-state index in [4.69, 9.17) is 0 Å². The summed E-state index contributed by atoms with van der Waals surface area (Å²) in [5.41, 5.74) is 0.513. The molecular weight excluding hydrogens is 186 g/mol. The van der Waals surface area contributed by atoms with E-state index in [1.165, 1.54) is 18.7 Å². The summed E-state index contributed by atoms with van der Waals surface area (Å²) in [5, 5.41) is 2.81. The Morgan fingerprint density at radius 1 is 1.38 bits per heavy atom. The standard InChI is InChI=1S/C9H15NO2S/c1-7(2)9(12)10-5-4-6-13-8(3)11/h1,4-6H2,2-3H3,(H,10,12). The number of carbonyl (C=O) groups is 2. The van der Waals surface area contributed by atoms with Gasteiger partial charge in [-0.2, -0.15) is 0 Å². The lowest BCUT2D eigenvalue weighted by molar-refractivity contribution is -0.117. The molecule has 4 heteroatoms. The second kappa shape index (κ2) is 6.71. The Morgan fingerprint density at radius 3 is 2.46 bits per heavy atom. The largest absolute Gasteiger partial charge is 0.352 e. The van der Waals surface area contributed by atoms with Gasteiger partial charge < -0.3 is 5.32 Å². The molecule has 13 heavy (non-hydrogen) atoms. The zero-order valence-corrected chi connectivity index (χ0v) is 8.87. The highest BCUT2D eigenvalue weighted by Crippen LogP contribution is 2.01. The number of hydrogen-bond acceptors (Lipinski definition) is 3. The molecule has 0 heterocycles. The van der Waals surface area contributed by atoms with E-state index in [9.17, 15) is 9.59 Å². The van der Waals surface area contributed by atoms with Crippen LogP contribution in [0.15, 0.2) is 12.2 Å². The predicted octanol–water partition coefficient (Wildman–Crippen LogP) is 1.35. The molecule has 1 amide bonds. The SMILES string of the molecule is C=C(C)C(=O)NCCCSC(C)=O. The Hall–Kier alpha value is -0.770. The maximum Gasteiger partial charge on any atom is 0.246 e. The Kier molecular flexibility index (Phi) is 6.32. The molecule has 0 aliphatic carbocycles. The van der Waals surface area contributed by atoms with Crippen LogP contribution >= 0.6 is 11.8 Å². The number of carbonyl (C=O) groups excluding carboxylic acids is 2. The van der Waals surface area contributed by atoms with E-state index in [1.807, 2.05) is 0 Å². The predicted molar refractivity (Wildman–Crippen MR) is 55.6 cm³/mol. The summed E-state index contributed by atoms with van der Waals surface area (Å²) in [6.07, 6.45) is 0.809. The number of hydrogen-bond donors (Lipinski definition) is 1. The van der Waals surface area contributed by atoms with Gasteiger partial charge in [0.15, 0.2) is 5.12 Å². The lowest BCUT2D eigenvalue weighted by Crippen LogP contribution is -2.25. The summed E-state index contributed by atoms with van der Waals surface area (Å²) < 4.78 is 0. The fraction of sp³-hybridized carbons (Fsp3) is 0.556. The molecule has 0 aromatic carbocycles. The van der Waals surface area contributed by atoms with Gasteiger partial charge in [-0.25, -0.2) is 0 Å². The number of amides is 1. The molecule has 0 atom stereocenters. The first-order valence-electron chi connectivity index (χ1n) is 4.11. The first kappa shape index (κ1) is 12.2. The van der Waals surface area contributed by atoms with Crippen molar-refractivity contribution in [3.63, 3.8) is 0 Å². The smallest absolute Gasteiger partial charge is 0.246 e. The van der Waals surface area contributed by atoms with Crippen LogP contribution in [-0.4, -0.2) is 23.3 Å². The van der Waals surface area contributed by atoms with Crippen molar-refractivity contribution in [2.75, 3.05) is 12.3 Å². The van der Waals surface area contributed by atoms with Gasteiger partial charge in [-0.1, -0.05) is 18.3 Å². The van der Waals surface area contributed by atoms with E-state index in [0.717, 1.165) is 12.2 Å². The molecule has 0 aliphatic rings. The number of nitrogens with one attached hydrogen (secondary N) is 1. The highest BCUT2D eigenvalue weighted by Gasteiger charge is 1.99. The Morgan fingerprint density at radius 2 is 2.00 bits per heavy atom. The van der Waals surface area contributed by atoms with Gasteiger partial charge in [0.25, 0.3) is 0 Å². The molecule has 0 radical (unpaired) electrons. The zero-order valence-electron chi connectivity index (χ0n) is 8.05. The van der Waals surface area contributed by atoms with E-state index in [2.05, 4.69) is 11.9 Å². The van der Waals surface area contributed by atoms with Crippen molar-refractivity contribution in [1.82, 2.24) is 5.32 Å². The van der Waals surface area contributed by atoms with Gasteiger partial charge >= 0.3 is 0 Å². The van der Waals surface area contributed by atoms with Gasteiger partial charge in [0.2, 0.25) is 5.91 Å². The zero-order chi connectivity index (χ0) is 10.3. The van der Waals surface area contributed by atoms with Crippen molar-refractivity contribution in [1.29, 1.82) is 0 Å². The average Bonchev–Trinajstić information content (AvgIpc) is 2.02. The lowest BCUT2D eigenvalue weighted by atomic mass is 10.3. The molecule has 74 valence electrons. The molecule has 0 rings (SSSR count). The van der Waals surface area contributed by atoms with Crippen LogP contribution in [0.4, 0.5) is 0 Å². The Labute approximate surface area is 83.0 Å². The van der Waals surface area contributed by atoms with Crippen LogP contribution in [0.5, 0.6) is 0 Å². The van der Waals surface area contributed by atoms with Crippen molar-refractivity contribution < 1.29 is 9.59 Å². The van der Waals surface area contributed by atoms with Gasteiger partial charge in [0.05, 0.1) is 0 Å². The fourth-order valence-corrected chi connectivity index (χ4v) is 1.22. The van der Waals surface area contributed by atoms with Crippen molar-refractivity contribution in [3.8, 4) is 0 Å². The Bertz CT molecular complexity index is 214. The van der Waals surface area contributed by atoms with Gasteiger partial charge in [0, 0.05) is 24.8 Å². The monoisotopic (exact) mass is 201 g/mol. The first-order chi connectivity index (χ1) is 6.04. The third kappa shape index (κ3) is 7.59. The fourth-order valence-electron chi connectivity index (χ4n) is 0.641. The van der Waals surface area contributed by atoms with Crippen molar-refractivity contribution in [2.45, 2.75) is 20.3 Å². The molecule has 0 aromatic heterocycles. The second-order valence-electron chi connectivity index (χ2n) is 2.73. The van der Waals surface area contributed by atoms with E-state index in [-0.39, 0.29) is 11.0 Å². The molecule has 0 aliphatic heterocycles. The quantitative estimate of drug-likeness (QED) is 0.539. The maximum atomic E-state index is 11.0. The molecule has 0 spiro atoms. The van der Waals surface area contributed by atoms with Crippen LogP contribution in [-0.2, 0) is 9.59 Å². The summed E-state index contributed by atoms with van der Waals surface area (Å²) >= 11 is 1.28. The van der Waals surface area contributed by atoms with Crippen LogP contribution in [0.25, 0.3) is 0 Å². The minimum absolute atomic E-state index is 0.117. The summed E-state index contributed by atoms with van der Waals surface area (Å²) in [6.45, 7) is 7.32. The minimum atomic E-state index is -0.118. The van der Waals surface area contributed by atoms with Crippen molar-refractivity contribution in [2.24, 2.45) is 0 Å². The van der Waals surface area contributed by atoms with Crippen molar-refractivity contribution in [3.05, 3.63) is 12.2 Å². The molecule has 0 saturated carbocycles. The molecule has 0 aromatic rings. The highest BCUT2D eigenvalue weighted by molar-refractivity contribution is 8.13. The van der Waals surface area contributed by atoms with Crippen LogP contribution in [0.1, 0.15) is 20.3 Å². The van der Waals surface area contributed by atoms with Gasteiger partial charge in [-0.15, -0.1) is 0 Å². The minimum Gasteiger partial charge on any atom is -0.352 e. The van der Waals surface area contributed by atoms with E-state index >= 15 is 0 Å². The second-order valence-corrected chi connectivity index (χ2v) is 4.00. The van der Waals surface area contributed by atoms with Crippen LogP contribution in [0.3, 0.4) is 0 Å². The summed E-state index contributed by atoms with van der Waals surface area (Å²) in [7, 11) is 0. The third-order valence-electron chi connectivity index (χ3n) is 1.30. The van der Waals surface area contributed by atoms with Gasteiger partial charge in [-0.05, 0) is 13.3 Å². The van der Waals surface area contributed by atoms with Crippen LogP contribution < -0.4 is 5.32 Å². The van der Waals surface area contributed by atoms with E-state index < -0.39 is 0 Å². The molecule has 1 N–H and O–H groups in total. The van der Waals surface area contributed by atoms with Crippen LogP contribution in [0.2, 0.25) is 0 Å². The topological polar surface area (TPSA) is 46.2 Å². The van der Waals surface area contributed by atoms with Gasteiger partial charge in [-0.3, -0.25) is 9.59 Å². The van der Waals surface area contributed by atoms with E-state index in [0.29, 0.717) is 12.1 Å². The summed E-state index contributed by atoms with van der Waals surface area (Å²) in [4.78, 5) is 21.5. The normalized spacial score (nSPS) is 9.38. The molecule has 0 fully saturated rings. The summed E-state index contributed by atoms with van der Waals surface area (Å²) in [6, 6.07) is 0. The molecule has 0 saturated heterocycles. The average molecular weight is 201 g/mol. The van der Waals surface area contributed by atoms with E-state index in [1.54, 1.807) is 6.92 Å². The number of rotatable bonds is 5. The summed E-state index contributed by atoms with van der Waals surface area (Å²) in [5.74, 6) is 0.638. The number of thioether (sulfide) groups is 1. The first-order valence-corrected chi connectivity index (χ1v) is 5.09. The van der Waals surface area contributed by atoms with Gasteiger partial charge in [0.1, 0.15) is 0 Å². The molecule has 0 unspecified atom stereocenters. The van der Waals surface area contributed by atoms with Crippen molar-refractivity contribution >= 4 is 22.8 Å².